The predicted octanol–water partition coefficient (Wildman–Crippen LogP) is 2.64. The number of hydrogen-bond donors (Lipinski definition) is 1. The van der Waals surface area contributed by atoms with Crippen LogP contribution in [0.15, 0.2) is 28.0 Å². The van der Waals surface area contributed by atoms with Gasteiger partial charge in [-0.15, -0.1) is 35.3 Å². The molecule has 2 aromatic heterocycles. The van der Waals surface area contributed by atoms with Crippen LogP contribution in [0.1, 0.15) is 29.4 Å². The van der Waals surface area contributed by atoms with Crippen molar-refractivity contribution in [1.29, 1.82) is 0 Å². The molecule has 1 fully saturated rings. The van der Waals surface area contributed by atoms with Gasteiger partial charge in [-0.3, -0.25) is 9.89 Å². The van der Waals surface area contributed by atoms with Crippen LogP contribution in [-0.4, -0.2) is 65.2 Å². The second kappa shape index (κ2) is 11.6. The average molecular weight is 504 g/mol. The SMILES string of the molecule is CCNC(=NCCc1ncc(CC)s1)N1CCN(Cc2ccon2)CC1.I. The van der Waals surface area contributed by atoms with E-state index in [1.54, 1.807) is 17.6 Å². The highest BCUT2D eigenvalue weighted by Gasteiger charge is 2.20. The molecule has 1 N–H and O–H groups in total. The minimum absolute atomic E-state index is 0. The van der Waals surface area contributed by atoms with E-state index in [4.69, 9.17) is 9.52 Å². The van der Waals surface area contributed by atoms with Crippen molar-refractivity contribution in [1.82, 2.24) is 25.3 Å². The molecule has 2 aromatic rings. The minimum atomic E-state index is 0. The van der Waals surface area contributed by atoms with Crippen LogP contribution in [0.4, 0.5) is 0 Å². The second-order valence-electron chi connectivity index (χ2n) is 6.31. The number of aliphatic imine (C=N–C) groups is 1. The average Bonchev–Trinajstić information content (AvgIpc) is 3.33. The third-order valence-corrected chi connectivity index (χ3v) is 5.62. The predicted molar refractivity (Wildman–Crippen MR) is 120 cm³/mol. The van der Waals surface area contributed by atoms with E-state index in [1.807, 2.05) is 12.3 Å². The van der Waals surface area contributed by atoms with Crippen LogP contribution in [0, 0.1) is 0 Å². The quantitative estimate of drug-likeness (QED) is 0.355. The first kappa shape index (κ1) is 22.1. The lowest BCUT2D eigenvalue weighted by molar-refractivity contribution is 0.169. The Morgan fingerprint density at radius 1 is 1.30 bits per heavy atom. The molecule has 27 heavy (non-hydrogen) atoms. The second-order valence-corrected chi connectivity index (χ2v) is 7.51. The summed E-state index contributed by atoms with van der Waals surface area (Å²) < 4.78 is 4.92. The third kappa shape index (κ3) is 6.72. The Morgan fingerprint density at radius 2 is 2.11 bits per heavy atom. The number of aryl methyl sites for hydroxylation is 1. The van der Waals surface area contributed by atoms with Gasteiger partial charge in [-0.25, -0.2) is 4.98 Å². The van der Waals surface area contributed by atoms with E-state index in [2.05, 4.69) is 39.1 Å². The van der Waals surface area contributed by atoms with Gasteiger partial charge in [-0.05, 0) is 13.3 Å². The van der Waals surface area contributed by atoms with Gasteiger partial charge in [0.05, 0.1) is 10.7 Å². The van der Waals surface area contributed by atoms with E-state index in [9.17, 15) is 0 Å². The zero-order valence-corrected chi connectivity index (χ0v) is 19.2. The molecule has 0 amide bonds. The van der Waals surface area contributed by atoms with Gasteiger partial charge in [-0.1, -0.05) is 12.1 Å². The highest BCUT2D eigenvalue weighted by molar-refractivity contribution is 14.0. The van der Waals surface area contributed by atoms with Crippen molar-refractivity contribution in [3.63, 3.8) is 0 Å². The molecule has 7 nitrogen and oxygen atoms in total. The number of thiazole rings is 1. The van der Waals surface area contributed by atoms with Crippen LogP contribution in [0.3, 0.4) is 0 Å². The molecule has 3 heterocycles. The Hall–Kier alpha value is -1.20. The largest absolute Gasteiger partial charge is 0.364 e. The van der Waals surface area contributed by atoms with E-state index in [0.717, 1.165) is 70.3 Å². The van der Waals surface area contributed by atoms with Crippen molar-refractivity contribution in [2.24, 2.45) is 4.99 Å². The van der Waals surface area contributed by atoms with E-state index >= 15 is 0 Å². The maximum absolute atomic E-state index is 4.92. The maximum atomic E-state index is 4.92. The first-order chi connectivity index (χ1) is 12.8. The summed E-state index contributed by atoms with van der Waals surface area (Å²) in [6.07, 6.45) is 5.59. The summed E-state index contributed by atoms with van der Waals surface area (Å²) in [5.41, 5.74) is 0.994. The van der Waals surface area contributed by atoms with Crippen LogP contribution in [0.2, 0.25) is 0 Å². The summed E-state index contributed by atoms with van der Waals surface area (Å²) in [5, 5.41) is 8.61. The summed E-state index contributed by atoms with van der Waals surface area (Å²) in [6.45, 7) is 10.7. The molecule has 3 rings (SSSR count). The van der Waals surface area contributed by atoms with Gasteiger partial charge in [0.15, 0.2) is 5.96 Å². The Kier molecular flexibility index (Phi) is 9.49. The molecule has 0 aromatic carbocycles. The van der Waals surface area contributed by atoms with Crippen LogP contribution in [-0.2, 0) is 19.4 Å². The van der Waals surface area contributed by atoms with Crippen LogP contribution >= 0.6 is 35.3 Å². The summed E-state index contributed by atoms with van der Waals surface area (Å²) in [7, 11) is 0. The fourth-order valence-corrected chi connectivity index (χ4v) is 3.83. The number of piperazine rings is 1. The number of guanidine groups is 1. The molecule has 1 saturated heterocycles. The maximum Gasteiger partial charge on any atom is 0.194 e. The van der Waals surface area contributed by atoms with Crippen molar-refractivity contribution in [3.05, 3.63) is 34.1 Å². The van der Waals surface area contributed by atoms with Gasteiger partial charge in [-0.2, -0.15) is 0 Å². The summed E-state index contributed by atoms with van der Waals surface area (Å²) in [5.74, 6) is 1.01. The van der Waals surface area contributed by atoms with Crippen molar-refractivity contribution < 1.29 is 4.52 Å². The number of nitrogens with one attached hydrogen (secondary N) is 1. The molecule has 0 aliphatic carbocycles. The Balaban J connectivity index is 0.00000261. The third-order valence-electron chi connectivity index (χ3n) is 4.42. The van der Waals surface area contributed by atoms with Gasteiger partial charge in [0.1, 0.15) is 6.26 Å². The lowest BCUT2D eigenvalue weighted by Crippen LogP contribution is -2.52. The number of halogens is 1. The van der Waals surface area contributed by atoms with Gasteiger partial charge in [0, 0.05) is 69.4 Å². The number of nitrogens with zero attached hydrogens (tertiary/aromatic N) is 5. The molecule has 150 valence electrons. The molecule has 9 heteroatoms. The fourth-order valence-electron chi connectivity index (χ4n) is 2.98. The Bertz CT molecular complexity index is 682. The van der Waals surface area contributed by atoms with E-state index < -0.39 is 0 Å². The molecule has 0 radical (unpaired) electrons. The Labute approximate surface area is 182 Å². The molecule has 1 aliphatic heterocycles. The lowest BCUT2D eigenvalue weighted by atomic mass is 10.3. The zero-order valence-electron chi connectivity index (χ0n) is 16.1. The normalized spacial score (nSPS) is 15.6. The van der Waals surface area contributed by atoms with E-state index in [1.165, 1.54) is 9.88 Å². The van der Waals surface area contributed by atoms with Crippen molar-refractivity contribution in [3.8, 4) is 0 Å². The van der Waals surface area contributed by atoms with Crippen molar-refractivity contribution in [2.45, 2.75) is 33.2 Å². The highest BCUT2D eigenvalue weighted by Crippen LogP contribution is 2.14. The number of hydrogen-bond acceptors (Lipinski definition) is 6. The summed E-state index contributed by atoms with van der Waals surface area (Å²) in [6, 6.07) is 1.93. The van der Waals surface area contributed by atoms with Gasteiger partial charge < -0.3 is 14.7 Å². The van der Waals surface area contributed by atoms with Crippen LogP contribution in [0.5, 0.6) is 0 Å². The van der Waals surface area contributed by atoms with Gasteiger partial charge >= 0.3 is 0 Å². The van der Waals surface area contributed by atoms with Crippen molar-refractivity contribution >= 4 is 41.3 Å². The zero-order chi connectivity index (χ0) is 18.2. The van der Waals surface area contributed by atoms with E-state index in [0.29, 0.717) is 0 Å². The molecular formula is C18H29IN6OS. The van der Waals surface area contributed by atoms with Crippen LogP contribution in [0.25, 0.3) is 0 Å². The summed E-state index contributed by atoms with van der Waals surface area (Å²) >= 11 is 1.80. The number of rotatable bonds is 7. The molecular weight excluding hydrogens is 475 g/mol. The smallest absolute Gasteiger partial charge is 0.194 e. The first-order valence-corrected chi connectivity index (χ1v) is 10.2. The lowest BCUT2D eigenvalue weighted by Gasteiger charge is -2.36. The highest BCUT2D eigenvalue weighted by atomic mass is 127. The summed E-state index contributed by atoms with van der Waals surface area (Å²) in [4.78, 5) is 15.4. The first-order valence-electron chi connectivity index (χ1n) is 9.37. The van der Waals surface area contributed by atoms with Gasteiger partial charge in [0.25, 0.3) is 0 Å². The fraction of sp³-hybridized carbons (Fsp3) is 0.611. The van der Waals surface area contributed by atoms with E-state index in [-0.39, 0.29) is 24.0 Å². The van der Waals surface area contributed by atoms with Crippen LogP contribution < -0.4 is 5.32 Å². The minimum Gasteiger partial charge on any atom is -0.364 e. The number of aromatic nitrogens is 2. The molecule has 0 unspecified atom stereocenters. The molecule has 0 bridgehead atoms. The van der Waals surface area contributed by atoms with Gasteiger partial charge in [0.2, 0.25) is 0 Å². The molecule has 1 aliphatic rings. The Morgan fingerprint density at radius 3 is 2.74 bits per heavy atom. The monoisotopic (exact) mass is 504 g/mol. The standard InChI is InChI=1S/C18H28N6OS.HI/c1-3-16-13-21-17(26-16)5-7-20-18(19-4-2)24-10-8-23(9-11-24)14-15-6-12-25-22-15;/h6,12-13H,3-5,7-11,14H2,1-2H3,(H,19,20);1H. The molecule has 0 atom stereocenters. The molecule has 0 spiro atoms. The van der Waals surface area contributed by atoms with Crippen molar-refractivity contribution in [2.75, 3.05) is 39.3 Å². The topological polar surface area (TPSA) is 69.8 Å². The molecule has 0 saturated carbocycles.